The molecule has 1 aromatic heterocycles. The number of hydrogen-bond acceptors (Lipinski definition) is 7. The first kappa shape index (κ1) is 25.9. The molecule has 188 valence electrons. The number of carbonyl (C=O) groups excluding carboxylic acids is 1. The summed E-state index contributed by atoms with van der Waals surface area (Å²) in [5, 5.41) is 0. The number of thiazole rings is 1. The molecule has 0 radical (unpaired) electrons. The van der Waals surface area contributed by atoms with E-state index in [0.717, 1.165) is 15.6 Å². The van der Waals surface area contributed by atoms with Gasteiger partial charge < -0.3 is 14.2 Å². The molecule has 2 heterocycles. The molecule has 0 fully saturated rings. The summed E-state index contributed by atoms with van der Waals surface area (Å²) in [4.78, 5) is 32.0. The number of nitrogens with zero attached hydrogens (tertiary/aromatic N) is 2. The van der Waals surface area contributed by atoms with Crippen molar-refractivity contribution in [3.05, 3.63) is 88.5 Å². The van der Waals surface area contributed by atoms with Crippen molar-refractivity contribution in [3.8, 4) is 11.5 Å². The number of aromatic nitrogens is 1. The predicted molar refractivity (Wildman–Crippen MR) is 143 cm³/mol. The van der Waals surface area contributed by atoms with Crippen molar-refractivity contribution in [2.24, 2.45) is 4.99 Å². The van der Waals surface area contributed by atoms with Gasteiger partial charge >= 0.3 is 5.97 Å². The lowest BCUT2D eigenvalue weighted by Crippen LogP contribution is -2.40. The van der Waals surface area contributed by atoms with Crippen LogP contribution >= 0.6 is 27.3 Å². The average Bonchev–Trinajstić information content (AvgIpc) is 3.15. The van der Waals surface area contributed by atoms with E-state index in [1.54, 1.807) is 37.7 Å². The lowest BCUT2D eigenvalue weighted by Gasteiger charge is -2.25. The van der Waals surface area contributed by atoms with Crippen LogP contribution in [0.15, 0.2) is 61.9 Å². The van der Waals surface area contributed by atoms with Crippen LogP contribution in [0.1, 0.15) is 43.5 Å². The standard InChI is InChI=1S/C27H27BrN2O5S/c1-6-34-21-14-18(10-11-20(21)33-5)24-23(26(32)35-7-2)16(4)29-27-30(24)25(31)22(36-27)13-17-9-8-15(3)19(28)12-17/h8-14,24H,6-7H2,1-5H3/t24-/m0/s1. The molecule has 0 bridgehead atoms. The van der Waals surface area contributed by atoms with Crippen molar-refractivity contribution in [1.82, 2.24) is 4.57 Å². The van der Waals surface area contributed by atoms with E-state index in [4.69, 9.17) is 14.2 Å². The molecule has 1 atom stereocenters. The Hall–Kier alpha value is -3.17. The lowest BCUT2D eigenvalue weighted by atomic mass is 9.95. The maximum Gasteiger partial charge on any atom is 0.338 e. The molecule has 0 spiro atoms. The first-order chi connectivity index (χ1) is 17.3. The number of fused-ring (bicyclic) bond motifs is 1. The molecule has 1 aliphatic rings. The fourth-order valence-corrected chi connectivity index (χ4v) is 5.53. The summed E-state index contributed by atoms with van der Waals surface area (Å²) in [7, 11) is 1.57. The molecule has 2 aromatic carbocycles. The van der Waals surface area contributed by atoms with Gasteiger partial charge in [0.1, 0.15) is 0 Å². The molecule has 0 N–H and O–H groups in total. The first-order valence-electron chi connectivity index (χ1n) is 11.6. The SMILES string of the molecule is CCOC(=O)C1=C(C)N=c2sc(=Cc3ccc(C)c(Br)c3)c(=O)n2[C@H]1c1ccc(OC)c(OCC)c1. The van der Waals surface area contributed by atoms with E-state index in [-0.39, 0.29) is 12.2 Å². The zero-order chi connectivity index (χ0) is 26.0. The number of halogens is 1. The van der Waals surface area contributed by atoms with Crippen LogP contribution in [0.5, 0.6) is 11.5 Å². The van der Waals surface area contributed by atoms with Crippen LogP contribution in [0.2, 0.25) is 0 Å². The summed E-state index contributed by atoms with van der Waals surface area (Å²) in [6, 6.07) is 10.6. The van der Waals surface area contributed by atoms with Gasteiger partial charge in [-0.3, -0.25) is 9.36 Å². The van der Waals surface area contributed by atoms with Crippen molar-refractivity contribution in [3.63, 3.8) is 0 Å². The second-order valence-corrected chi connectivity index (χ2v) is 10.0. The Labute approximate surface area is 221 Å². The molecule has 0 saturated carbocycles. The van der Waals surface area contributed by atoms with Crippen LogP contribution < -0.4 is 24.4 Å². The molecule has 4 rings (SSSR count). The molecule has 0 saturated heterocycles. The van der Waals surface area contributed by atoms with Crippen LogP contribution in [-0.2, 0) is 9.53 Å². The third-order valence-electron chi connectivity index (χ3n) is 5.81. The number of esters is 1. The quantitative estimate of drug-likeness (QED) is 0.396. The predicted octanol–water partition coefficient (Wildman–Crippen LogP) is 4.28. The minimum absolute atomic E-state index is 0.210. The smallest absolute Gasteiger partial charge is 0.338 e. The molecule has 0 amide bonds. The van der Waals surface area contributed by atoms with E-state index in [1.807, 2.05) is 44.2 Å². The second kappa shape index (κ2) is 10.8. The van der Waals surface area contributed by atoms with E-state index in [1.165, 1.54) is 11.3 Å². The van der Waals surface area contributed by atoms with E-state index in [2.05, 4.69) is 20.9 Å². The highest BCUT2D eigenvalue weighted by molar-refractivity contribution is 9.10. The summed E-state index contributed by atoms with van der Waals surface area (Å²) in [6.45, 7) is 8.05. The topological polar surface area (TPSA) is 79.1 Å². The highest BCUT2D eigenvalue weighted by Crippen LogP contribution is 2.36. The van der Waals surface area contributed by atoms with Crippen LogP contribution in [-0.4, -0.2) is 30.9 Å². The van der Waals surface area contributed by atoms with Gasteiger partial charge in [-0.2, -0.15) is 0 Å². The van der Waals surface area contributed by atoms with Crippen LogP contribution in [0.3, 0.4) is 0 Å². The first-order valence-corrected chi connectivity index (χ1v) is 13.2. The number of aryl methyl sites for hydroxylation is 1. The minimum Gasteiger partial charge on any atom is -0.493 e. The Bertz CT molecular complexity index is 1540. The molecule has 0 aliphatic carbocycles. The lowest BCUT2D eigenvalue weighted by molar-refractivity contribution is -0.139. The number of methoxy groups -OCH3 is 1. The van der Waals surface area contributed by atoms with Gasteiger partial charge in [-0.15, -0.1) is 0 Å². The van der Waals surface area contributed by atoms with Gasteiger partial charge in [0, 0.05) is 4.47 Å². The second-order valence-electron chi connectivity index (χ2n) is 8.15. The Morgan fingerprint density at radius 2 is 1.92 bits per heavy atom. The van der Waals surface area contributed by atoms with E-state index in [9.17, 15) is 9.59 Å². The maximum absolute atomic E-state index is 13.8. The molecule has 1 aliphatic heterocycles. The summed E-state index contributed by atoms with van der Waals surface area (Å²) in [6.07, 6.45) is 1.84. The fourth-order valence-electron chi connectivity index (χ4n) is 4.09. The molecule has 9 heteroatoms. The number of rotatable bonds is 7. The number of benzene rings is 2. The number of carbonyl (C=O) groups is 1. The Balaban J connectivity index is 1.96. The van der Waals surface area contributed by atoms with Gasteiger partial charge in [-0.05, 0) is 68.7 Å². The van der Waals surface area contributed by atoms with Gasteiger partial charge in [0.2, 0.25) is 0 Å². The fraction of sp³-hybridized carbons (Fsp3) is 0.296. The van der Waals surface area contributed by atoms with Gasteiger partial charge in [0.15, 0.2) is 16.3 Å². The average molecular weight is 571 g/mol. The number of allylic oxidation sites excluding steroid dienone is 1. The molecule has 7 nitrogen and oxygen atoms in total. The van der Waals surface area contributed by atoms with Crippen molar-refractivity contribution < 1.29 is 19.0 Å². The van der Waals surface area contributed by atoms with Crippen molar-refractivity contribution in [1.29, 1.82) is 0 Å². The molecule has 36 heavy (non-hydrogen) atoms. The maximum atomic E-state index is 13.8. The Morgan fingerprint density at radius 1 is 1.14 bits per heavy atom. The van der Waals surface area contributed by atoms with Crippen LogP contribution in [0, 0.1) is 6.92 Å². The van der Waals surface area contributed by atoms with Crippen molar-refractivity contribution in [2.45, 2.75) is 33.7 Å². The highest BCUT2D eigenvalue weighted by atomic mass is 79.9. The Morgan fingerprint density at radius 3 is 2.58 bits per heavy atom. The molecule has 0 unspecified atom stereocenters. The molecular weight excluding hydrogens is 544 g/mol. The highest BCUT2D eigenvalue weighted by Gasteiger charge is 2.34. The van der Waals surface area contributed by atoms with E-state index in [0.29, 0.717) is 44.3 Å². The summed E-state index contributed by atoms with van der Waals surface area (Å²) in [5.41, 5.74) is 3.29. The zero-order valence-electron chi connectivity index (χ0n) is 20.8. The van der Waals surface area contributed by atoms with E-state index >= 15 is 0 Å². The van der Waals surface area contributed by atoms with Crippen molar-refractivity contribution >= 4 is 39.3 Å². The third-order valence-corrected chi connectivity index (χ3v) is 7.65. The largest absolute Gasteiger partial charge is 0.493 e. The molecular formula is C27H27BrN2O5S. The van der Waals surface area contributed by atoms with Gasteiger partial charge in [-0.1, -0.05) is 45.5 Å². The van der Waals surface area contributed by atoms with Crippen molar-refractivity contribution in [2.75, 3.05) is 20.3 Å². The third kappa shape index (κ3) is 4.90. The van der Waals surface area contributed by atoms with E-state index < -0.39 is 12.0 Å². The van der Waals surface area contributed by atoms with Gasteiger partial charge in [0.25, 0.3) is 5.56 Å². The molecule has 3 aromatic rings. The monoisotopic (exact) mass is 570 g/mol. The number of hydrogen-bond donors (Lipinski definition) is 0. The van der Waals surface area contributed by atoms with Gasteiger partial charge in [-0.25, -0.2) is 9.79 Å². The Kier molecular flexibility index (Phi) is 7.80. The van der Waals surface area contributed by atoms with Crippen LogP contribution in [0.4, 0.5) is 0 Å². The summed E-state index contributed by atoms with van der Waals surface area (Å²) >= 11 is 4.84. The normalized spacial score (nSPS) is 15.4. The van der Waals surface area contributed by atoms with Crippen LogP contribution in [0.25, 0.3) is 6.08 Å². The summed E-state index contributed by atoms with van der Waals surface area (Å²) < 4.78 is 19.6. The van der Waals surface area contributed by atoms with Gasteiger partial charge in [0.05, 0.1) is 42.2 Å². The zero-order valence-corrected chi connectivity index (χ0v) is 23.2. The summed E-state index contributed by atoms with van der Waals surface area (Å²) in [5.74, 6) is 0.590. The number of ether oxygens (including phenoxy) is 3. The minimum atomic E-state index is -0.725.